The van der Waals surface area contributed by atoms with Crippen LogP contribution in [-0.2, 0) is 4.79 Å². The normalized spacial score (nSPS) is 21.1. The van der Waals surface area contributed by atoms with E-state index in [1.807, 2.05) is 0 Å². The molecular weight excluding hydrogens is 162 g/mol. The number of carbonyl (C=O) groups is 1. The Morgan fingerprint density at radius 2 is 2.00 bits per heavy atom. The smallest absolute Gasteiger partial charge is 0.217 e. The molecule has 0 bridgehead atoms. The number of nitrogens with one attached hydrogen (secondary N) is 1. The van der Waals surface area contributed by atoms with E-state index >= 15 is 0 Å². The van der Waals surface area contributed by atoms with Gasteiger partial charge in [-0.1, -0.05) is 32.1 Å². The molecule has 76 valence electrons. The lowest BCUT2D eigenvalue weighted by Gasteiger charge is -2.24. The standard InChI is InChI=1S/C11H21NO/c1-9(12-10(2)13)8-11-6-4-3-5-7-11/h9,11H,3-8H2,1-2H3,(H,12,13)/t9-/m0/s1. The number of rotatable bonds is 3. The average molecular weight is 183 g/mol. The maximum absolute atomic E-state index is 10.8. The molecule has 1 rings (SSSR count). The molecule has 0 spiro atoms. The van der Waals surface area contributed by atoms with Crippen LogP contribution in [0.4, 0.5) is 0 Å². The Morgan fingerprint density at radius 1 is 1.38 bits per heavy atom. The van der Waals surface area contributed by atoms with Gasteiger partial charge in [0.15, 0.2) is 0 Å². The molecule has 1 aliphatic carbocycles. The molecule has 1 saturated carbocycles. The maximum atomic E-state index is 10.8. The monoisotopic (exact) mass is 183 g/mol. The third-order valence-electron chi connectivity index (χ3n) is 2.86. The van der Waals surface area contributed by atoms with Crippen molar-refractivity contribution < 1.29 is 4.79 Å². The van der Waals surface area contributed by atoms with E-state index in [2.05, 4.69) is 12.2 Å². The third-order valence-corrected chi connectivity index (χ3v) is 2.86. The van der Waals surface area contributed by atoms with Gasteiger partial charge in [-0.3, -0.25) is 4.79 Å². The van der Waals surface area contributed by atoms with Crippen LogP contribution in [0, 0.1) is 5.92 Å². The van der Waals surface area contributed by atoms with Crippen LogP contribution in [0.3, 0.4) is 0 Å². The zero-order valence-electron chi connectivity index (χ0n) is 8.81. The predicted molar refractivity (Wildman–Crippen MR) is 54.5 cm³/mol. The van der Waals surface area contributed by atoms with E-state index in [1.165, 1.54) is 38.5 Å². The molecule has 0 unspecified atom stereocenters. The number of hydrogen-bond acceptors (Lipinski definition) is 1. The van der Waals surface area contributed by atoms with Gasteiger partial charge in [0, 0.05) is 13.0 Å². The molecule has 0 saturated heterocycles. The Morgan fingerprint density at radius 3 is 2.54 bits per heavy atom. The van der Waals surface area contributed by atoms with E-state index in [-0.39, 0.29) is 5.91 Å². The molecule has 13 heavy (non-hydrogen) atoms. The van der Waals surface area contributed by atoms with E-state index in [1.54, 1.807) is 6.92 Å². The fourth-order valence-electron chi connectivity index (χ4n) is 2.33. The van der Waals surface area contributed by atoms with Crippen LogP contribution >= 0.6 is 0 Å². The van der Waals surface area contributed by atoms with Crippen molar-refractivity contribution >= 4 is 5.91 Å². The number of carbonyl (C=O) groups excluding carboxylic acids is 1. The van der Waals surface area contributed by atoms with Crippen LogP contribution in [0.25, 0.3) is 0 Å². The summed E-state index contributed by atoms with van der Waals surface area (Å²) in [5.41, 5.74) is 0. The van der Waals surface area contributed by atoms with Gasteiger partial charge < -0.3 is 5.32 Å². The molecule has 1 N–H and O–H groups in total. The van der Waals surface area contributed by atoms with Crippen molar-refractivity contribution in [3.8, 4) is 0 Å². The van der Waals surface area contributed by atoms with E-state index in [9.17, 15) is 4.79 Å². The summed E-state index contributed by atoms with van der Waals surface area (Å²) in [6.45, 7) is 3.70. The highest BCUT2D eigenvalue weighted by Gasteiger charge is 2.16. The summed E-state index contributed by atoms with van der Waals surface area (Å²) in [6, 6.07) is 0.362. The number of amides is 1. The summed E-state index contributed by atoms with van der Waals surface area (Å²) in [4.78, 5) is 10.8. The quantitative estimate of drug-likeness (QED) is 0.715. The molecule has 0 aromatic heterocycles. The first kappa shape index (κ1) is 10.6. The summed E-state index contributed by atoms with van der Waals surface area (Å²) < 4.78 is 0. The summed E-state index contributed by atoms with van der Waals surface area (Å²) in [5.74, 6) is 0.957. The Balaban J connectivity index is 2.18. The van der Waals surface area contributed by atoms with Gasteiger partial charge in [-0.15, -0.1) is 0 Å². The molecule has 1 aliphatic rings. The second-order valence-electron chi connectivity index (χ2n) is 4.34. The van der Waals surface area contributed by atoms with Crippen molar-refractivity contribution in [2.24, 2.45) is 5.92 Å². The minimum absolute atomic E-state index is 0.100. The van der Waals surface area contributed by atoms with Gasteiger partial charge in [0.2, 0.25) is 5.91 Å². The Kier molecular flexibility index (Phi) is 4.26. The van der Waals surface area contributed by atoms with Crippen molar-refractivity contribution in [1.29, 1.82) is 0 Å². The van der Waals surface area contributed by atoms with Crippen LogP contribution < -0.4 is 5.32 Å². The minimum atomic E-state index is 0.100. The summed E-state index contributed by atoms with van der Waals surface area (Å²) in [6.07, 6.45) is 8.08. The second-order valence-corrected chi connectivity index (χ2v) is 4.34. The van der Waals surface area contributed by atoms with Crippen molar-refractivity contribution in [1.82, 2.24) is 5.32 Å². The number of hydrogen-bond donors (Lipinski definition) is 1. The predicted octanol–water partition coefficient (Wildman–Crippen LogP) is 2.48. The van der Waals surface area contributed by atoms with E-state index in [0.717, 1.165) is 5.92 Å². The zero-order chi connectivity index (χ0) is 9.68. The minimum Gasteiger partial charge on any atom is -0.354 e. The Bertz CT molecular complexity index is 161. The molecule has 1 amide bonds. The lowest BCUT2D eigenvalue weighted by atomic mass is 9.85. The van der Waals surface area contributed by atoms with Gasteiger partial charge in [0.1, 0.15) is 0 Å². The molecule has 1 fully saturated rings. The highest BCUT2D eigenvalue weighted by Crippen LogP contribution is 2.27. The van der Waals surface area contributed by atoms with Gasteiger partial charge in [-0.2, -0.15) is 0 Å². The Hall–Kier alpha value is -0.530. The summed E-state index contributed by atoms with van der Waals surface area (Å²) in [5, 5.41) is 2.95. The largest absolute Gasteiger partial charge is 0.354 e. The molecule has 2 nitrogen and oxygen atoms in total. The van der Waals surface area contributed by atoms with E-state index in [0.29, 0.717) is 6.04 Å². The highest BCUT2D eigenvalue weighted by molar-refractivity contribution is 5.73. The molecule has 1 atom stereocenters. The first-order valence-corrected chi connectivity index (χ1v) is 5.45. The van der Waals surface area contributed by atoms with Crippen molar-refractivity contribution in [3.63, 3.8) is 0 Å². The summed E-state index contributed by atoms with van der Waals surface area (Å²) in [7, 11) is 0. The lowest BCUT2D eigenvalue weighted by Crippen LogP contribution is -2.32. The van der Waals surface area contributed by atoms with Crippen LogP contribution in [0.15, 0.2) is 0 Å². The molecule has 0 aromatic rings. The van der Waals surface area contributed by atoms with Crippen molar-refractivity contribution in [3.05, 3.63) is 0 Å². The van der Waals surface area contributed by atoms with Gasteiger partial charge in [-0.25, -0.2) is 0 Å². The Labute approximate surface area is 81.1 Å². The molecule has 2 heteroatoms. The SMILES string of the molecule is CC(=O)N[C@@H](C)CC1CCCCC1. The van der Waals surface area contributed by atoms with Crippen LogP contribution in [0.2, 0.25) is 0 Å². The summed E-state index contributed by atoms with van der Waals surface area (Å²) >= 11 is 0. The second kappa shape index (κ2) is 5.25. The first-order valence-electron chi connectivity index (χ1n) is 5.45. The lowest BCUT2D eigenvalue weighted by molar-refractivity contribution is -0.119. The zero-order valence-corrected chi connectivity index (χ0v) is 8.81. The van der Waals surface area contributed by atoms with Gasteiger partial charge >= 0.3 is 0 Å². The molecule has 0 aliphatic heterocycles. The third kappa shape index (κ3) is 4.30. The van der Waals surface area contributed by atoms with E-state index in [4.69, 9.17) is 0 Å². The van der Waals surface area contributed by atoms with Crippen LogP contribution in [0.1, 0.15) is 52.4 Å². The van der Waals surface area contributed by atoms with Crippen LogP contribution in [0.5, 0.6) is 0 Å². The van der Waals surface area contributed by atoms with Crippen LogP contribution in [-0.4, -0.2) is 11.9 Å². The topological polar surface area (TPSA) is 29.1 Å². The van der Waals surface area contributed by atoms with E-state index < -0.39 is 0 Å². The molecule has 0 heterocycles. The van der Waals surface area contributed by atoms with Crippen molar-refractivity contribution in [2.75, 3.05) is 0 Å². The van der Waals surface area contributed by atoms with Gasteiger partial charge in [-0.05, 0) is 19.3 Å². The van der Waals surface area contributed by atoms with Gasteiger partial charge in [0.25, 0.3) is 0 Å². The first-order chi connectivity index (χ1) is 6.18. The average Bonchev–Trinajstić information content (AvgIpc) is 2.04. The van der Waals surface area contributed by atoms with Crippen molar-refractivity contribution in [2.45, 2.75) is 58.4 Å². The molecular formula is C11H21NO. The highest BCUT2D eigenvalue weighted by atomic mass is 16.1. The fraction of sp³-hybridized carbons (Fsp3) is 0.909. The molecule has 0 radical (unpaired) electrons. The molecule has 0 aromatic carbocycles. The fourth-order valence-corrected chi connectivity index (χ4v) is 2.33. The maximum Gasteiger partial charge on any atom is 0.217 e. The van der Waals surface area contributed by atoms with Gasteiger partial charge in [0.05, 0.1) is 0 Å².